The second-order valence-electron chi connectivity index (χ2n) is 10.4. The van der Waals surface area contributed by atoms with E-state index in [1.165, 1.54) is 0 Å². The van der Waals surface area contributed by atoms with E-state index in [2.05, 4.69) is 20.4 Å². The van der Waals surface area contributed by atoms with Gasteiger partial charge in [0, 0.05) is 6.42 Å². The molecule has 0 radical (unpaired) electrons. The van der Waals surface area contributed by atoms with Gasteiger partial charge in [0.1, 0.15) is 6.10 Å². The summed E-state index contributed by atoms with van der Waals surface area (Å²) in [6.07, 6.45) is 6.15. The molecule has 3 rings (SSSR count). The summed E-state index contributed by atoms with van der Waals surface area (Å²) in [5.74, 6) is -1.11. The summed E-state index contributed by atoms with van der Waals surface area (Å²) in [5, 5.41) is 20.8. The predicted molar refractivity (Wildman–Crippen MR) is 124 cm³/mol. The molecule has 0 unspecified atom stereocenters. The van der Waals surface area contributed by atoms with Gasteiger partial charge in [-0.15, -0.1) is 6.58 Å². The lowest BCUT2D eigenvalue weighted by molar-refractivity contribution is -0.155. The summed E-state index contributed by atoms with van der Waals surface area (Å²) in [6.45, 7) is 11.6. The third kappa shape index (κ3) is 4.54. The van der Waals surface area contributed by atoms with Gasteiger partial charge in [0.2, 0.25) is 0 Å². The number of hydrogen-bond acceptors (Lipinski definition) is 4. The van der Waals surface area contributed by atoms with E-state index in [0.717, 1.165) is 18.4 Å². The van der Waals surface area contributed by atoms with Gasteiger partial charge in [-0.3, -0.25) is 4.79 Å². The molecule has 0 amide bonds. The van der Waals surface area contributed by atoms with Crippen molar-refractivity contribution in [3.8, 4) is 0 Å². The van der Waals surface area contributed by atoms with Crippen LogP contribution in [-0.4, -0.2) is 33.9 Å². The standard InChI is InChI=1S/C27H36O5/c1-6-25(3,31)14-15-26(4)18(2)12-13-21-22(26)16-20(17-27(21,5)24(29)30)32-23(28)19-10-8-7-9-11-19/h6-11,16,18,20-21,31H,1,12-15,17H2,2-5H3,(H,29,30)/t18-,20-,21+,25+,26+,27+/m1/s1. The lowest BCUT2D eigenvalue weighted by Gasteiger charge is -2.53. The van der Waals surface area contributed by atoms with Crippen molar-refractivity contribution in [3.05, 3.63) is 60.2 Å². The first kappa shape index (κ1) is 24.2. The molecule has 0 saturated heterocycles. The summed E-state index contributed by atoms with van der Waals surface area (Å²) in [5.41, 5.74) is -0.802. The molecule has 5 heteroatoms. The van der Waals surface area contributed by atoms with Crippen LogP contribution in [0.3, 0.4) is 0 Å². The fourth-order valence-electron chi connectivity index (χ4n) is 5.46. The number of aliphatic hydroxyl groups is 1. The zero-order valence-corrected chi connectivity index (χ0v) is 19.6. The normalized spacial score (nSPS) is 33.9. The van der Waals surface area contributed by atoms with E-state index in [0.29, 0.717) is 24.3 Å². The first-order valence-electron chi connectivity index (χ1n) is 11.5. The number of rotatable bonds is 7. The van der Waals surface area contributed by atoms with Gasteiger partial charge in [-0.05, 0) is 75.0 Å². The van der Waals surface area contributed by atoms with Crippen molar-refractivity contribution in [3.63, 3.8) is 0 Å². The minimum atomic E-state index is -1.02. The molecule has 1 aromatic rings. The summed E-state index contributed by atoms with van der Waals surface area (Å²) < 4.78 is 5.82. The van der Waals surface area contributed by atoms with Crippen molar-refractivity contribution in [2.75, 3.05) is 0 Å². The molecule has 1 fully saturated rings. The monoisotopic (exact) mass is 440 g/mol. The predicted octanol–water partition coefficient (Wildman–Crippen LogP) is 5.40. The Kier molecular flexibility index (Phi) is 6.71. The molecule has 32 heavy (non-hydrogen) atoms. The number of carboxylic acid groups (broad SMARTS) is 1. The quantitative estimate of drug-likeness (QED) is 0.438. The Hall–Kier alpha value is -2.40. The van der Waals surface area contributed by atoms with Crippen LogP contribution >= 0.6 is 0 Å². The Morgan fingerprint density at radius 3 is 2.50 bits per heavy atom. The minimum Gasteiger partial charge on any atom is -0.481 e. The molecule has 2 N–H and O–H groups in total. The van der Waals surface area contributed by atoms with Gasteiger partial charge in [-0.2, -0.15) is 0 Å². The first-order chi connectivity index (χ1) is 14.9. The lowest BCUT2D eigenvalue weighted by atomic mass is 9.51. The van der Waals surface area contributed by atoms with Crippen LogP contribution in [-0.2, 0) is 9.53 Å². The number of fused-ring (bicyclic) bond motifs is 1. The summed E-state index contributed by atoms with van der Waals surface area (Å²) in [6, 6.07) is 8.78. The SMILES string of the molecule is C=C[C@](C)(O)CC[C@]1(C)C2=C[C@@H](OC(=O)c3ccccc3)C[C@](C)(C(=O)O)[C@H]2CC[C@H]1C. The second-order valence-corrected chi connectivity index (χ2v) is 10.4. The van der Waals surface area contributed by atoms with E-state index >= 15 is 0 Å². The minimum absolute atomic E-state index is 0.124. The second kappa shape index (κ2) is 8.86. The van der Waals surface area contributed by atoms with E-state index in [4.69, 9.17) is 4.74 Å². The maximum Gasteiger partial charge on any atom is 0.338 e. The lowest BCUT2D eigenvalue weighted by Crippen LogP contribution is -2.50. The van der Waals surface area contributed by atoms with Crippen molar-refractivity contribution in [1.29, 1.82) is 0 Å². The third-order valence-electron chi connectivity index (χ3n) is 8.12. The molecule has 6 atom stereocenters. The van der Waals surface area contributed by atoms with E-state index in [-0.39, 0.29) is 17.8 Å². The average Bonchev–Trinajstić information content (AvgIpc) is 2.76. The number of ether oxygens (including phenoxy) is 1. The molecule has 1 aromatic carbocycles. The maximum absolute atomic E-state index is 12.7. The number of carbonyl (C=O) groups excluding carboxylic acids is 1. The molecule has 2 aliphatic carbocycles. The van der Waals surface area contributed by atoms with Gasteiger partial charge in [0.05, 0.1) is 16.6 Å². The maximum atomic E-state index is 12.7. The van der Waals surface area contributed by atoms with Crippen LogP contribution < -0.4 is 0 Å². The molecule has 0 spiro atoms. The van der Waals surface area contributed by atoms with E-state index in [9.17, 15) is 19.8 Å². The molecule has 1 saturated carbocycles. The van der Waals surface area contributed by atoms with Crippen LogP contribution in [0.2, 0.25) is 0 Å². The zero-order valence-electron chi connectivity index (χ0n) is 19.6. The molecule has 0 bridgehead atoms. The molecule has 2 aliphatic rings. The molecule has 174 valence electrons. The third-order valence-corrected chi connectivity index (χ3v) is 8.12. The summed E-state index contributed by atoms with van der Waals surface area (Å²) in [7, 11) is 0. The Morgan fingerprint density at radius 2 is 1.91 bits per heavy atom. The highest BCUT2D eigenvalue weighted by atomic mass is 16.5. The number of esters is 1. The summed E-state index contributed by atoms with van der Waals surface area (Å²) in [4.78, 5) is 25.2. The molecular formula is C27H36O5. The number of hydrogen-bond donors (Lipinski definition) is 2. The van der Waals surface area contributed by atoms with Crippen molar-refractivity contribution < 1.29 is 24.5 Å². The topological polar surface area (TPSA) is 83.8 Å². The van der Waals surface area contributed by atoms with Crippen molar-refractivity contribution in [2.45, 2.75) is 71.5 Å². The Morgan fingerprint density at radius 1 is 1.25 bits per heavy atom. The number of aliphatic carboxylic acids is 1. The number of carbonyl (C=O) groups is 2. The van der Waals surface area contributed by atoms with Gasteiger partial charge in [-0.1, -0.05) is 43.7 Å². The highest BCUT2D eigenvalue weighted by Crippen LogP contribution is 2.59. The van der Waals surface area contributed by atoms with E-state index in [1.807, 2.05) is 12.1 Å². The van der Waals surface area contributed by atoms with Crippen LogP contribution in [0.4, 0.5) is 0 Å². The average molecular weight is 441 g/mol. The molecule has 5 nitrogen and oxygen atoms in total. The molecular weight excluding hydrogens is 404 g/mol. The van der Waals surface area contributed by atoms with Crippen LogP contribution in [0.15, 0.2) is 54.6 Å². The highest BCUT2D eigenvalue weighted by molar-refractivity contribution is 5.89. The van der Waals surface area contributed by atoms with Crippen LogP contribution in [0.5, 0.6) is 0 Å². The fourth-order valence-corrected chi connectivity index (χ4v) is 5.46. The van der Waals surface area contributed by atoms with Crippen molar-refractivity contribution in [2.24, 2.45) is 22.7 Å². The van der Waals surface area contributed by atoms with Crippen LogP contribution in [0, 0.1) is 22.7 Å². The molecule has 0 heterocycles. The Balaban J connectivity index is 1.98. The molecule has 0 aliphatic heterocycles. The number of benzene rings is 1. The van der Waals surface area contributed by atoms with Gasteiger partial charge in [0.25, 0.3) is 0 Å². The number of carboxylic acids is 1. The summed E-state index contributed by atoms with van der Waals surface area (Å²) >= 11 is 0. The van der Waals surface area contributed by atoms with Crippen LogP contribution in [0.25, 0.3) is 0 Å². The smallest absolute Gasteiger partial charge is 0.338 e. The largest absolute Gasteiger partial charge is 0.481 e. The Bertz CT molecular complexity index is 902. The van der Waals surface area contributed by atoms with Gasteiger partial charge < -0.3 is 14.9 Å². The van der Waals surface area contributed by atoms with E-state index in [1.54, 1.807) is 44.2 Å². The number of allylic oxidation sites excluding steroid dienone is 1. The Labute approximate surface area is 191 Å². The van der Waals surface area contributed by atoms with Gasteiger partial charge in [-0.25, -0.2) is 4.79 Å². The van der Waals surface area contributed by atoms with Crippen molar-refractivity contribution in [1.82, 2.24) is 0 Å². The highest BCUT2D eigenvalue weighted by Gasteiger charge is 2.55. The first-order valence-corrected chi connectivity index (χ1v) is 11.5. The zero-order chi connectivity index (χ0) is 23.7. The van der Waals surface area contributed by atoms with Gasteiger partial charge in [0.15, 0.2) is 0 Å². The van der Waals surface area contributed by atoms with E-state index < -0.39 is 29.1 Å². The molecule has 0 aromatic heterocycles. The van der Waals surface area contributed by atoms with Gasteiger partial charge >= 0.3 is 11.9 Å². The fraction of sp³-hybridized carbons (Fsp3) is 0.556. The van der Waals surface area contributed by atoms with Crippen LogP contribution in [0.1, 0.15) is 70.2 Å². The van der Waals surface area contributed by atoms with Crippen molar-refractivity contribution >= 4 is 11.9 Å².